The van der Waals surface area contributed by atoms with Crippen LogP contribution < -0.4 is 23.7 Å². The summed E-state index contributed by atoms with van der Waals surface area (Å²) in [5, 5.41) is 0. The molecule has 0 aliphatic heterocycles. The predicted octanol–water partition coefficient (Wildman–Crippen LogP) is 8.99. The number of rotatable bonds is 17. The lowest BCUT2D eigenvalue weighted by molar-refractivity contribution is -0.137. The van der Waals surface area contributed by atoms with Crippen LogP contribution in [-0.2, 0) is 14.3 Å². The largest absolute Gasteiger partial charge is 0.513 e. The summed E-state index contributed by atoms with van der Waals surface area (Å²) in [6, 6.07) is 28.9. The van der Waals surface area contributed by atoms with Crippen molar-refractivity contribution in [2.45, 2.75) is 39.5 Å². The number of hydrogen-bond acceptors (Lipinski definition) is 13. The molecular formula is C46H40O13. The Balaban J connectivity index is 1.03. The van der Waals surface area contributed by atoms with Crippen LogP contribution in [0.3, 0.4) is 0 Å². The second-order valence-electron chi connectivity index (χ2n) is 12.9. The molecule has 0 bridgehead atoms. The molecule has 0 fully saturated rings. The molecule has 0 amide bonds. The van der Waals surface area contributed by atoms with E-state index in [4.69, 9.17) is 33.2 Å². The molecule has 13 nitrogen and oxygen atoms in total. The maximum absolute atomic E-state index is 12.9. The first-order valence-corrected chi connectivity index (χ1v) is 18.5. The van der Waals surface area contributed by atoms with E-state index in [0.717, 1.165) is 24.5 Å². The molecule has 5 rings (SSSR count). The molecule has 0 spiro atoms. The summed E-state index contributed by atoms with van der Waals surface area (Å²) in [5.41, 5.74) is 2.55. The zero-order chi connectivity index (χ0) is 42.1. The minimum atomic E-state index is -0.882. The van der Waals surface area contributed by atoms with Gasteiger partial charge in [-0.2, -0.15) is 0 Å². The van der Waals surface area contributed by atoms with Crippen molar-refractivity contribution in [2.75, 3.05) is 13.2 Å². The van der Waals surface area contributed by atoms with Crippen LogP contribution in [0.15, 0.2) is 128 Å². The minimum Gasteiger partial charge on any atom is -0.463 e. The van der Waals surface area contributed by atoms with Gasteiger partial charge in [0.15, 0.2) is 0 Å². The number of esters is 5. The van der Waals surface area contributed by atoms with E-state index >= 15 is 0 Å². The van der Waals surface area contributed by atoms with Gasteiger partial charge in [-0.1, -0.05) is 24.3 Å². The molecule has 0 saturated heterocycles. The average Bonchev–Trinajstić information content (AvgIpc) is 3.23. The van der Waals surface area contributed by atoms with Crippen LogP contribution >= 0.6 is 0 Å². The van der Waals surface area contributed by atoms with Crippen LogP contribution in [-0.4, -0.2) is 49.2 Å². The minimum absolute atomic E-state index is 0.162. The van der Waals surface area contributed by atoms with E-state index in [0.29, 0.717) is 30.6 Å². The van der Waals surface area contributed by atoms with Crippen molar-refractivity contribution in [3.63, 3.8) is 0 Å². The molecule has 5 aromatic carbocycles. The first-order valence-electron chi connectivity index (χ1n) is 18.5. The van der Waals surface area contributed by atoms with E-state index in [1.54, 1.807) is 25.1 Å². The normalized spacial score (nSPS) is 10.4. The Hall–Kier alpha value is -7.54. The second kappa shape index (κ2) is 21.1. The number of hydrogen-bond donors (Lipinski definition) is 0. The van der Waals surface area contributed by atoms with Gasteiger partial charge in [0.1, 0.15) is 28.7 Å². The van der Waals surface area contributed by atoms with Crippen molar-refractivity contribution in [2.24, 2.45) is 0 Å². The third-order valence-corrected chi connectivity index (χ3v) is 8.41. The molecule has 0 aliphatic carbocycles. The number of ether oxygens (including phenoxy) is 7. The van der Waals surface area contributed by atoms with E-state index < -0.39 is 36.0 Å². The first-order chi connectivity index (χ1) is 28.5. The molecule has 0 radical (unpaired) electrons. The van der Waals surface area contributed by atoms with Gasteiger partial charge >= 0.3 is 36.0 Å². The van der Waals surface area contributed by atoms with Crippen molar-refractivity contribution >= 4 is 36.0 Å². The molecule has 0 N–H and O–H groups in total. The zero-order valence-electron chi connectivity index (χ0n) is 32.3. The van der Waals surface area contributed by atoms with Crippen LogP contribution in [0.4, 0.5) is 4.79 Å². The molecule has 0 aliphatic rings. The molecule has 0 saturated carbocycles. The summed E-state index contributed by atoms with van der Waals surface area (Å²) < 4.78 is 37.0. The summed E-state index contributed by atoms with van der Waals surface area (Å²) in [4.78, 5) is 73.8. The van der Waals surface area contributed by atoms with Crippen LogP contribution in [0.1, 0.15) is 78.2 Å². The van der Waals surface area contributed by atoms with Gasteiger partial charge in [-0.25, -0.2) is 28.8 Å². The van der Waals surface area contributed by atoms with Gasteiger partial charge in [0, 0.05) is 6.08 Å². The third-order valence-electron chi connectivity index (χ3n) is 8.41. The van der Waals surface area contributed by atoms with Crippen LogP contribution in [0.25, 0.3) is 0 Å². The Morgan fingerprint density at radius 2 is 0.847 bits per heavy atom. The van der Waals surface area contributed by atoms with Crippen LogP contribution in [0.2, 0.25) is 0 Å². The standard InChI is InChI=1S/C46H40O13/c1-4-41(47)53-27-7-5-6-8-28-54-46(52)58-38-23-17-33(18-24-38)43(49)56-36-19-13-34(14-20-36)44(50)57-39-25-26-40(31(3)29-39)59-45(51)35-15-21-37(22-16-35)55-42(48)32-11-9-30(2)10-12-32/h4,9-26,29H,1,5-8,27-28H2,2-3H3. The van der Waals surface area contributed by atoms with E-state index in [1.807, 2.05) is 19.1 Å². The number of carbonyl (C=O) groups is 6. The molecular weight excluding hydrogens is 760 g/mol. The highest BCUT2D eigenvalue weighted by Gasteiger charge is 2.16. The maximum Gasteiger partial charge on any atom is 0.513 e. The van der Waals surface area contributed by atoms with Gasteiger partial charge in [-0.05, 0) is 148 Å². The SMILES string of the molecule is C=CC(=O)OCCCCCCOC(=O)Oc1ccc(C(=O)Oc2ccc(C(=O)Oc3ccc(OC(=O)c4ccc(OC(=O)c5ccc(C)cc5)cc4)c(C)c3)cc2)cc1. The lowest BCUT2D eigenvalue weighted by Crippen LogP contribution is -2.12. The summed E-state index contributed by atoms with van der Waals surface area (Å²) in [6.07, 6.45) is 3.11. The zero-order valence-corrected chi connectivity index (χ0v) is 32.3. The Morgan fingerprint density at radius 3 is 1.31 bits per heavy atom. The number of unbranched alkanes of at least 4 members (excludes halogenated alkanes) is 3. The number of aryl methyl sites for hydroxylation is 2. The molecule has 0 unspecified atom stereocenters. The van der Waals surface area contributed by atoms with Gasteiger partial charge in [0.25, 0.3) is 0 Å². The Morgan fingerprint density at radius 1 is 0.458 bits per heavy atom. The van der Waals surface area contributed by atoms with Crippen molar-refractivity contribution in [1.29, 1.82) is 0 Å². The summed E-state index contributed by atoms with van der Waals surface area (Å²) in [7, 11) is 0. The Bertz CT molecular complexity index is 2280. The van der Waals surface area contributed by atoms with Gasteiger partial charge < -0.3 is 33.2 Å². The van der Waals surface area contributed by atoms with E-state index in [9.17, 15) is 28.8 Å². The fourth-order valence-electron chi connectivity index (χ4n) is 5.19. The Labute approximate surface area is 340 Å². The van der Waals surface area contributed by atoms with Gasteiger partial charge in [-0.3, -0.25) is 0 Å². The predicted molar refractivity (Wildman–Crippen MR) is 213 cm³/mol. The molecule has 0 aromatic heterocycles. The van der Waals surface area contributed by atoms with Crippen molar-refractivity contribution in [3.05, 3.63) is 161 Å². The first kappa shape index (κ1) is 42.6. The lowest BCUT2D eigenvalue weighted by atomic mass is 10.1. The highest BCUT2D eigenvalue weighted by atomic mass is 16.7. The van der Waals surface area contributed by atoms with Gasteiger partial charge in [0.05, 0.1) is 35.5 Å². The van der Waals surface area contributed by atoms with Crippen LogP contribution in [0, 0.1) is 13.8 Å². The summed E-state index contributed by atoms with van der Waals surface area (Å²) in [6.45, 7) is 7.40. The van der Waals surface area contributed by atoms with Crippen molar-refractivity contribution in [1.82, 2.24) is 0 Å². The lowest BCUT2D eigenvalue weighted by Gasteiger charge is -2.11. The quantitative estimate of drug-likeness (QED) is 0.0288. The molecule has 0 atom stereocenters. The average molecular weight is 801 g/mol. The Kier molecular flexibility index (Phi) is 15.2. The monoisotopic (exact) mass is 800 g/mol. The maximum atomic E-state index is 12.9. The highest BCUT2D eigenvalue weighted by Crippen LogP contribution is 2.26. The highest BCUT2D eigenvalue weighted by molar-refractivity contribution is 5.94. The fourth-order valence-corrected chi connectivity index (χ4v) is 5.19. The number of benzene rings is 5. The van der Waals surface area contributed by atoms with Gasteiger partial charge in [-0.15, -0.1) is 0 Å². The number of carbonyl (C=O) groups excluding carboxylic acids is 6. The fraction of sp³-hybridized carbons (Fsp3) is 0.174. The van der Waals surface area contributed by atoms with Crippen LogP contribution in [0.5, 0.6) is 28.7 Å². The summed E-state index contributed by atoms with van der Waals surface area (Å²) >= 11 is 0. The molecule has 5 aromatic rings. The van der Waals surface area contributed by atoms with Crippen molar-refractivity contribution in [3.8, 4) is 28.7 Å². The van der Waals surface area contributed by atoms with E-state index in [-0.39, 0.29) is 52.0 Å². The molecule has 0 heterocycles. The smallest absolute Gasteiger partial charge is 0.463 e. The molecule has 302 valence electrons. The summed E-state index contributed by atoms with van der Waals surface area (Å²) in [5.74, 6) is -1.89. The second-order valence-corrected chi connectivity index (χ2v) is 12.9. The topological polar surface area (TPSA) is 167 Å². The van der Waals surface area contributed by atoms with E-state index in [2.05, 4.69) is 6.58 Å². The molecule has 13 heteroatoms. The molecule has 59 heavy (non-hydrogen) atoms. The van der Waals surface area contributed by atoms with Crippen molar-refractivity contribution < 1.29 is 61.9 Å². The third kappa shape index (κ3) is 13.3. The van der Waals surface area contributed by atoms with Gasteiger partial charge in [0.2, 0.25) is 0 Å². The van der Waals surface area contributed by atoms with E-state index in [1.165, 1.54) is 84.9 Å².